The van der Waals surface area contributed by atoms with E-state index in [1.807, 2.05) is 6.92 Å². The lowest BCUT2D eigenvalue weighted by Gasteiger charge is -2.32. The first kappa shape index (κ1) is 9.69. The minimum Gasteiger partial charge on any atom is -0.349 e. The zero-order valence-electron chi connectivity index (χ0n) is 8.96. The summed E-state index contributed by atoms with van der Waals surface area (Å²) in [5, 5.41) is 2.68. The van der Waals surface area contributed by atoms with Crippen molar-refractivity contribution in [2.24, 2.45) is 16.7 Å². The molecule has 0 aromatic rings. The lowest BCUT2D eigenvalue weighted by molar-refractivity contribution is -0.131. The van der Waals surface area contributed by atoms with E-state index in [1.165, 1.54) is 0 Å². The van der Waals surface area contributed by atoms with E-state index in [2.05, 4.69) is 19.2 Å². The Labute approximate surface area is 84.2 Å². The second kappa shape index (κ2) is 2.59. The van der Waals surface area contributed by atoms with Gasteiger partial charge in [-0.05, 0) is 24.2 Å². The minimum atomic E-state index is -0.235. The lowest BCUT2D eigenvalue weighted by atomic mass is 9.70. The van der Waals surface area contributed by atoms with Gasteiger partial charge in [0, 0.05) is 5.41 Å². The molecule has 1 N–H and O–H groups in total. The number of hydrogen-bond acceptors (Lipinski definition) is 2. The summed E-state index contributed by atoms with van der Waals surface area (Å²) in [6.07, 6.45) is 2.68. The third kappa shape index (κ3) is 0.830. The van der Waals surface area contributed by atoms with Gasteiger partial charge in [0.2, 0.25) is 6.41 Å². The van der Waals surface area contributed by atoms with Crippen molar-refractivity contribution in [1.82, 2.24) is 5.32 Å². The Morgan fingerprint density at radius 2 is 2.07 bits per heavy atom. The first-order chi connectivity index (χ1) is 6.45. The number of fused-ring (bicyclic) bond motifs is 2. The standard InChI is InChI=1S/C11H17NO2/c1-10(2)7-4-5-11(10,3)9(14)8(7)12-6-13/h6-8H,4-5H2,1-3H3,(H,12,13). The summed E-state index contributed by atoms with van der Waals surface area (Å²) in [5.74, 6) is 0.552. The van der Waals surface area contributed by atoms with Crippen molar-refractivity contribution in [3.8, 4) is 0 Å². The van der Waals surface area contributed by atoms with Gasteiger partial charge >= 0.3 is 0 Å². The molecule has 2 aliphatic carbocycles. The Kier molecular flexibility index (Phi) is 1.79. The number of ketones is 1. The zero-order valence-corrected chi connectivity index (χ0v) is 8.96. The zero-order chi connectivity index (χ0) is 10.6. The topological polar surface area (TPSA) is 46.2 Å². The summed E-state index contributed by atoms with van der Waals surface area (Å²) >= 11 is 0. The van der Waals surface area contributed by atoms with Crippen molar-refractivity contribution in [2.75, 3.05) is 0 Å². The number of nitrogens with one attached hydrogen (secondary N) is 1. The second-order valence-corrected chi connectivity index (χ2v) is 5.33. The predicted molar refractivity (Wildman–Crippen MR) is 52.6 cm³/mol. The van der Waals surface area contributed by atoms with Crippen molar-refractivity contribution in [1.29, 1.82) is 0 Å². The predicted octanol–water partition coefficient (Wildman–Crippen LogP) is 1.13. The van der Waals surface area contributed by atoms with Crippen molar-refractivity contribution in [2.45, 2.75) is 39.7 Å². The molecule has 2 aliphatic rings. The molecule has 2 bridgehead atoms. The van der Waals surface area contributed by atoms with Crippen LogP contribution in [-0.4, -0.2) is 18.2 Å². The molecule has 2 fully saturated rings. The van der Waals surface area contributed by atoms with Crippen LogP contribution < -0.4 is 5.32 Å². The van der Waals surface area contributed by atoms with Crippen LogP contribution in [0.1, 0.15) is 33.6 Å². The maximum atomic E-state index is 12.1. The fraction of sp³-hybridized carbons (Fsp3) is 0.818. The van der Waals surface area contributed by atoms with Crippen LogP contribution in [0.3, 0.4) is 0 Å². The van der Waals surface area contributed by atoms with Gasteiger partial charge in [0.25, 0.3) is 0 Å². The SMILES string of the molecule is CC12CCC(C(NC=O)C1=O)C2(C)C. The number of rotatable bonds is 2. The molecule has 0 aromatic heterocycles. The van der Waals surface area contributed by atoms with Gasteiger partial charge < -0.3 is 5.32 Å². The average Bonchev–Trinajstić information content (AvgIpc) is 2.41. The van der Waals surface area contributed by atoms with Crippen molar-refractivity contribution in [3.05, 3.63) is 0 Å². The van der Waals surface area contributed by atoms with Crippen molar-refractivity contribution in [3.63, 3.8) is 0 Å². The molecule has 0 heterocycles. The monoisotopic (exact) mass is 195 g/mol. The highest BCUT2D eigenvalue weighted by atomic mass is 16.1. The molecule has 1 amide bonds. The number of Topliss-reactive ketones (excluding diaryl/α,β-unsaturated/α-hetero) is 1. The summed E-state index contributed by atoms with van der Waals surface area (Å²) in [6.45, 7) is 6.34. The molecule has 2 saturated carbocycles. The van der Waals surface area contributed by atoms with Gasteiger partial charge in [0.15, 0.2) is 5.78 Å². The number of amides is 1. The van der Waals surface area contributed by atoms with Gasteiger partial charge in [-0.3, -0.25) is 9.59 Å². The first-order valence-electron chi connectivity index (χ1n) is 5.19. The lowest BCUT2D eigenvalue weighted by Crippen LogP contribution is -2.42. The molecule has 3 nitrogen and oxygen atoms in total. The Hall–Kier alpha value is -0.860. The van der Waals surface area contributed by atoms with Crippen LogP contribution in [0.15, 0.2) is 0 Å². The Morgan fingerprint density at radius 3 is 2.50 bits per heavy atom. The summed E-state index contributed by atoms with van der Waals surface area (Å²) in [7, 11) is 0. The molecular weight excluding hydrogens is 178 g/mol. The molecule has 0 aliphatic heterocycles. The minimum absolute atomic E-state index is 0.0325. The Bertz CT molecular complexity index is 298. The van der Waals surface area contributed by atoms with Gasteiger partial charge in [-0.15, -0.1) is 0 Å². The largest absolute Gasteiger partial charge is 0.349 e. The number of carbonyl (C=O) groups is 2. The highest BCUT2D eigenvalue weighted by molar-refractivity contribution is 5.95. The first-order valence-corrected chi connectivity index (χ1v) is 5.19. The molecule has 2 rings (SSSR count). The summed E-state index contributed by atoms with van der Waals surface area (Å²) in [5.41, 5.74) is -0.191. The number of hydrogen-bond donors (Lipinski definition) is 1. The van der Waals surface area contributed by atoms with Gasteiger partial charge in [0.1, 0.15) is 0 Å². The van der Waals surface area contributed by atoms with E-state index in [1.54, 1.807) is 0 Å². The molecular formula is C11H17NO2. The summed E-state index contributed by atoms with van der Waals surface area (Å²) in [4.78, 5) is 22.5. The highest BCUT2D eigenvalue weighted by Gasteiger charge is 2.66. The van der Waals surface area contributed by atoms with Crippen molar-refractivity contribution >= 4 is 12.2 Å². The van der Waals surface area contributed by atoms with Crippen molar-refractivity contribution < 1.29 is 9.59 Å². The van der Waals surface area contributed by atoms with Gasteiger partial charge in [-0.2, -0.15) is 0 Å². The normalized spacial score (nSPS) is 44.1. The molecule has 3 heteroatoms. The maximum absolute atomic E-state index is 12.1. The fourth-order valence-electron chi connectivity index (χ4n) is 3.35. The third-order valence-corrected chi connectivity index (χ3v) is 4.78. The average molecular weight is 195 g/mol. The van der Waals surface area contributed by atoms with Gasteiger partial charge in [-0.25, -0.2) is 0 Å². The molecule has 3 atom stereocenters. The van der Waals surface area contributed by atoms with Crippen LogP contribution in [0.2, 0.25) is 0 Å². The Morgan fingerprint density at radius 1 is 1.43 bits per heavy atom. The second-order valence-electron chi connectivity index (χ2n) is 5.33. The molecule has 0 saturated heterocycles. The smallest absolute Gasteiger partial charge is 0.207 e. The van der Waals surface area contributed by atoms with E-state index in [-0.39, 0.29) is 22.7 Å². The van der Waals surface area contributed by atoms with E-state index in [9.17, 15) is 9.59 Å². The highest BCUT2D eigenvalue weighted by Crippen LogP contribution is 2.63. The summed E-state index contributed by atoms with van der Waals surface area (Å²) in [6, 6.07) is -0.235. The molecule has 0 spiro atoms. The van der Waals surface area contributed by atoms with Crippen LogP contribution in [0.5, 0.6) is 0 Å². The molecule has 78 valence electrons. The van der Waals surface area contributed by atoms with E-state index in [0.29, 0.717) is 12.3 Å². The number of carbonyl (C=O) groups excluding carboxylic acids is 2. The Balaban J connectivity index is 2.38. The third-order valence-electron chi connectivity index (χ3n) is 4.78. The maximum Gasteiger partial charge on any atom is 0.207 e. The van der Waals surface area contributed by atoms with Crippen LogP contribution in [-0.2, 0) is 9.59 Å². The van der Waals surface area contributed by atoms with Crippen LogP contribution in [0.25, 0.3) is 0 Å². The van der Waals surface area contributed by atoms with E-state index in [0.717, 1.165) is 12.8 Å². The van der Waals surface area contributed by atoms with E-state index < -0.39 is 0 Å². The summed E-state index contributed by atoms with van der Waals surface area (Å²) < 4.78 is 0. The molecule has 14 heavy (non-hydrogen) atoms. The van der Waals surface area contributed by atoms with Gasteiger partial charge in [0.05, 0.1) is 6.04 Å². The van der Waals surface area contributed by atoms with Crippen LogP contribution in [0.4, 0.5) is 0 Å². The quantitative estimate of drug-likeness (QED) is 0.671. The van der Waals surface area contributed by atoms with E-state index >= 15 is 0 Å². The van der Waals surface area contributed by atoms with Crippen LogP contribution >= 0.6 is 0 Å². The fourth-order valence-corrected chi connectivity index (χ4v) is 3.35. The molecule has 3 unspecified atom stereocenters. The van der Waals surface area contributed by atoms with E-state index in [4.69, 9.17) is 0 Å². The van der Waals surface area contributed by atoms with Crippen LogP contribution in [0, 0.1) is 16.7 Å². The molecule has 0 aromatic carbocycles. The molecule has 0 radical (unpaired) electrons. The van der Waals surface area contributed by atoms with Gasteiger partial charge in [-0.1, -0.05) is 20.8 Å².